The van der Waals surface area contributed by atoms with E-state index < -0.39 is 21.3 Å². The van der Waals surface area contributed by atoms with Crippen LogP contribution in [-0.2, 0) is 21.3 Å². The van der Waals surface area contributed by atoms with Crippen LogP contribution in [0.3, 0.4) is 0 Å². The van der Waals surface area contributed by atoms with E-state index in [1.165, 1.54) is 107 Å². The van der Waals surface area contributed by atoms with Crippen molar-refractivity contribution in [1.29, 1.82) is 0 Å². The van der Waals surface area contributed by atoms with Crippen molar-refractivity contribution in [3.63, 3.8) is 0 Å². The van der Waals surface area contributed by atoms with Crippen LogP contribution in [0.25, 0.3) is 33.4 Å². The van der Waals surface area contributed by atoms with Gasteiger partial charge >= 0.3 is 353 Å². The molecule has 6 aromatic rings. The first-order valence-corrected chi connectivity index (χ1v) is 25.0. The van der Waals surface area contributed by atoms with Crippen molar-refractivity contribution in [2.75, 3.05) is 0 Å². The number of hydrogen-bond acceptors (Lipinski definition) is 0. The van der Waals surface area contributed by atoms with Gasteiger partial charge in [-0.05, 0) is 0 Å². The summed E-state index contributed by atoms with van der Waals surface area (Å²) in [4.78, 5) is 0. The summed E-state index contributed by atoms with van der Waals surface area (Å²) in [5.74, 6) is 0.447. The van der Waals surface area contributed by atoms with Gasteiger partial charge in [-0.2, -0.15) is 0 Å². The number of rotatable bonds is 8. The van der Waals surface area contributed by atoms with Crippen LogP contribution in [-0.4, -0.2) is 3.21 Å². The third-order valence-electron chi connectivity index (χ3n) is 12.5. The van der Waals surface area contributed by atoms with Gasteiger partial charge in [-0.3, -0.25) is 0 Å². The Kier molecular flexibility index (Phi) is 13.6. The zero-order valence-corrected chi connectivity index (χ0v) is 40.5. The van der Waals surface area contributed by atoms with Gasteiger partial charge in [0.1, 0.15) is 0 Å². The summed E-state index contributed by atoms with van der Waals surface area (Å²) < 4.78 is 3.65. The van der Waals surface area contributed by atoms with E-state index in [1.807, 2.05) is 0 Å². The number of allylic oxidation sites excluding steroid dienone is 4. The van der Waals surface area contributed by atoms with E-state index >= 15 is 0 Å². The summed E-state index contributed by atoms with van der Waals surface area (Å²) in [5, 5.41) is 0. The van der Waals surface area contributed by atoms with Gasteiger partial charge in [-0.15, -0.1) is 0 Å². The van der Waals surface area contributed by atoms with Crippen LogP contribution < -0.4 is 24.8 Å². The fourth-order valence-electron chi connectivity index (χ4n) is 10.2. The topological polar surface area (TPSA) is 0 Å². The Morgan fingerprint density at radius 3 is 1.37 bits per heavy atom. The van der Waals surface area contributed by atoms with Crippen molar-refractivity contribution in [2.45, 2.75) is 85.7 Å². The molecule has 0 saturated heterocycles. The molecular weight excluding hydrogens is 835 g/mol. The largest absolute Gasteiger partial charge is 1.00 e. The number of aryl methyl sites for hydroxylation is 6. The molecule has 0 radical (unpaired) electrons. The van der Waals surface area contributed by atoms with E-state index in [2.05, 4.69) is 203 Å². The predicted molar refractivity (Wildman–Crippen MR) is 243 cm³/mol. The van der Waals surface area contributed by atoms with E-state index in [4.69, 9.17) is 0 Å². The first kappa shape index (κ1) is 44.7. The molecule has 3 heteroatoms. The van der Waals surface area contributed by atoms with E-state index in [1.54, 1.807) is 6.49 Å². The predicted octanol–water partition coefficient (Wildman–Crippen LogP) is 9.12. The molecule has 0 nitrogen and oxygen atoms in total. The van der Waals surface area contributed by atoms with Gasteiger partial charge in [0.2, 0.25) is 0 Å². The quantitative estimate of drug-likeness (QED) is 0.143. The Morgan fingerprint density at radius 1 is 0.559 bits per heavy atom. The maximum atomic E-state index is 2.72. The van der Waals surface area contributed by atoms with Gasteiger partial charge in [0, 0.05) is 0 Å². The van der Waals surface area contributed by atoms with Gasteiger partial charge in [0.15, 0.2) is 0 Å². The van der Waals surface area contributed by atoms with Crippen LogP contribution in [0.1, 0.15) is 99.8 Å². The molecule has 0 fully saturated rings. The van der Waals surface area contributed by atoms with Gasteiger partial charge in [0.05, 0.1) is 0 Å². The Balaban J connectivity index is 0.00000293. The van der Waals surface area contributed by atoms with Crippen LogP contribution in [0, 0.1) is 52.9 Å². The molecule has 300 valence electrons. The minimum atomic E-state index is -3.08. The maximum absolute atomic E-state index is 3.08. The zero-order valence-electron chi connectivity index (χ0n) is 36.5. The molecule has 6 aromatic carbocycles. The van der Waals surface area contributed by atoms with Crippen molar-refractivity contribution in [1.82, 2.24) is 0 Å². The summed E-state index contributed by atoms with van der Waals surface area (Å²) >= 11 is -3.08. The first-order valence-electron chi connectivity index (χ1n) is 21.1. The van der Waals surface area contributed by atoms with Crippen molar-refractivity contribution >= 4 is 3.21 Å². The summed E-state index contributed by atoms with van der Waals surface area (Å²) in [6.45, 7) is 23.2. The van der Waals surface area contributed by atoms with Crippen molar-refractivity contribution in [3.05, 3.63) is 198 Å². The number of fused-ring (bicyclic) bond motifs is 3. The molecule has 8 rings (SSSR count). The molecule has 0 aromatic heterocycles. The SMILES string of the molecule is CCCC1C=C(C(C)(C)C)C=[C]1[Zr+2](=[C](c1ccccc1)c1ccccc1)[CH]1c2cc(-c3c(C)cc(C)cc3C)ccc2-c2ccc(-c3c(C)cc(C)cc3C)cc21.[Cl-].[Cl-]. The van der Waals surface area contributed by atoms with Gasteiger partial charge < -0.3 is 24.8 Å². The van der Waals surface area contributed by atoms with E-state index in [0.29, 0.717) is 9.54 Å². The van der Waals surface area contributed by atoms with Crippen LogP contribution in [0.4, 0.5) is 0 Å². The third kappa shape index (κ3) is 8.56. The average molecular weight is 893 g/mol. The Labute approximate surface area is 374 Å². The average Bonchev–Trinajstić information content (AvgIpc) is 3.73. The molecule has 0 aliphatic heterocycles. The molecular formula is C56H58Cl2Zr. The van der Waals surface area contributed by atoms with E-state index in [-0.39, 0.29) is 30.2 Å². The zero-order chi connectivity index (χ0) is 40.2. The summed E-state index contributed by atoms with van der Waals surface area (Å²) in [7, 11) is 0. The van der Waals surface area contributed by atoms with E-state index in [9.17, 15) is 0 Å². The number of benzene rings is 6. The Bertz CT molecular complexity index is 2420. The summed E-state index contributed by atoms with van der Waals surface area (Å²) in [6.07, 6.45) is 7.74. The standard InChI is InChI=1S/C31H29.C13H10.C12H19.2ClH.Zr/c1-18-11-20(3)30(21(4)12-18)24-7-9-28-26(15-24)17-27-16-25(8-10-29(27)28)31-22(5)13-19(2)14-23(31)6;1-3-7-12(8-4-1)11-13-9-5-2-6-10-13;1-5-6-10-7-8-11(9-10)12(2,3)4;;;/h7-17H,1-6H3;1-10H;8-10H,5-6H2,1-4H3;2*1H;/q;;;;;+2/p-2. The molecule has 0 heterocycles. The second kappa shape index (κ2) is 18.0. The fraction of sp³-hybridized carbons (Fsp3) is 0.268. The van der Waals surface area contributed by atoms with Crippen LogP contribution in [0.15, 0.2) is 142 Å². The molecule has 1 unspecified atom stereocenters. The fourth-order valence-corrected chi connectivity index (χ4v) is 19.8. The van der Waals surface area contributed by atoms with Crippen LogP contribution in [0.2, 0.25) is 0 Å². The molecule has 1 atom stereocenters. The smallest absolute Gasteiger partial charge is 1.00 e. The Hall–Kier alpha value is -3.87. The van der Waals surface area contributed by atoms with Gasteiger partial charge in [-0.1, -0.05) is 0 Å². The normalized spacial score (nSPS) is 14.3. The Morgan fingerprint density at radius 2 is 0.983 bits per heavy atom. The van der Waals surface area contributed by atoms with Crippen molar-refractivity contribution < 1.29 is 46.1 Å². The summed E-state index contributed by atoms with van der Waals surface area (Å²) in [6, 6.07) is 47.4. The minimum absolute atomic E-state index is 0. The molecule has 0 bridgehead atoms. The molecule has 2 aliphatic carbocycles. The van der Waals surface area contributed by atoms with Crippen LogP contribution in [0.5, 0.6) is 0 Å². The third-order valence-corrected chi connectivity index (χ3v) is 21.0. The molecule has 0 saturated carbocycles. The van der Waals surface area contributed by atoms with Gasteiger partial charge in [0.25, 0.3) is 0 Å². The minimum Gasteiger partial charge on any atom is -1.00 e. The molecule has 0 spiro atoms. The first-order chi connectivity index (χ1) is 27.3. The monoisotopic (exact) mass is 890 g/mol. The van der Waals surface area contributed by atoms with Crippen molar-refractivity contribution in [3.8, 4) is 33.4 Å². The number of hydrogen-bond donors (Lipinski definition) is 0. The number of halogens is 2. The molecule has 0 amide bonds. The van der Waals surface area contributed by atoms with E-state index in [0.717, 1.165) is 0 Å². The maximum Gasteiger partial charge on any atom is -1.00 e. The van der Waals surface area contributed by atoms with Gasteiger partial charge in [-0.25, -0.2) is 0 Å². The van der Waals surface area contributed by atoms with Crippen molar-refractivity contribution in [2.24, 2.45) is 11.3 Å². The molecule has 59 heavy (non-hydrogen) atoms. The van der Waals surface area contributed by atoms with Crippen LogP contribution >= 0.6 is 0 Å². The summed E-state index contributed by atoms with van der Waals surface area (Å²) in [5.41, 5.74) is 23.7. The second-order valence-corrected chi connectivity index (χ2v) is 24.1. The molecule has 2 aliphatic rings. The second-order valence-electron chi connectivity index (χ2n) is 18.0. The molecule has 0 N–H and O–H groups in total.